The smallest absolute Gasteiger partial charge is 0.337 e. The van der Waals surface area contributed by atoms with Crippen molar-refractivity contribution in [2.45, 2.75) is 13.3 Å². The molecule has 0 unspecified atom stereocenters. The number of carboxylic acids is 2. The van der Waals surface area contributed by atoms with Crippen molar-refractivity contribution in [3.05, 3.63) is 21.7 Å². The summed E-state index contributed by atoms with van der Waals surface area (Å²) in [6, 6.07) is 0.863. The van der Waals surface area contributed by atoms with Crippen LogP contribution in [0.4, 0.5) is 0 Å². The quantitative estimate of drug-likeness (QED) is 0.769. The molecule has 1 aromatic rings. The molecular formula is C11H11BrO6. The number of phenolic OH excluding ortho intramolecular Hbond substituents is 1. The highest BCUT2D eigenvalue weighted by Crippen LogP contribution is 2.39. The molecule has 0 aromatic heterocycles. The van der Waals surface area contributed by atoms with Gasteiger partial charge in [0.2, 0.25) is 0 Å². The van der Waals surface area contributed by atoms with E-state index in [0.717, 1.165) is 6.07 Å². The summed E-state index contributed by atoms with van der Waals surface area (Å²) in [6.07, 6.45) is 0.662. The molecule has 0 saturated carbocycles. The Morgan fingerprint density at radius 1 is 1.33 bits per heavy atom. The number of carbonyl (C=O) groups is 2. The average Bonchev–Trinajstić information content (AvgIpc) is 2.27. The van der Waals surface area contributed by atoms with E-state index in [-0.39, 0.29) is 16.8 Å². The van der Waals surface area contributed by atoms with Gasteiger partial charge in [-0.3, -0.25) is 0 Å². The SMILES string of the molecule is CCCOc1c(O)cc(C(=O)O)c(C(=O)O)c1Br. The predicted octanol–water partition coefficient (Wildman–Crippen LogP) is 2.34. The lowest BCUT2D eigenvalue weighted by molar-refractivity contribution is 0.0649. The third kappa shape index (κ3) is 2.73. The molecule has 0 fully saturated rings. The molecule has 0 aliphatic rings. The fourth-order valence-corrected chi connectivity index (χ4v) is 2.04. The lowest BCUT2D eigenvalue weighted by atomic mass is 10.1. The van der Waals surface area contributed by atoms with Crippen LogP contribution in [0.2, 0.25) is 0 Å². The van der Waals surface area contributed by atoms with Crippen LogP contribution in [0.1, 0.15) is 34.1 Å². The number of benzene rings is 1. The molecule has 0 heterocycles. The highest BCUT2D eigenvalue weighted by Gasteiger charge is 2.25. The second kappa shape index (κ2) is 5.72. The van der Waals surface area contributed by atoms with Gasteiger partial charge in [0, 0.05) is 0 Å². The van der Waals surface area contributed by atoms with Crippen LogP contribution >= 0.6 is 15.9 Å². The molecule has 3 N–H and O–H groups in total. The van der Waals surface area contributed by atoms with Crippen molar-refractivity contribution in [2.24, 2.45) is 0 Å². The molecule has 18 heavy (non-hydrogen) atoms. The van der Waals surface area contributed by atoms with Crippen LogP contribution in [-0.4, -0.2) is 33.9 Å². The first-order chi connectivity index (χ1) is 8.40. The number of hydrogen-bond donors (Lipinski definition) is 3. The van der Waals surface area contributed by atoms with Gasteiger partial charge >= 0.3 is 11.9 Å². The van der Waals surface area contributed by atoms with E-state index in [4.69, 9.17) is 14.9 Å². The number of halogens is 1. The molecule has 6 nitrogen and oxygen atoms in total. The Morgan fingerprint density at radius 3 is 2.39 bits per heavy atom. The topological polar surface area (TPSA) is 104 Å². The summed E-state index contributed by atoms with van der Waals surface area (Å²) in [7, 11) is 0. The summed E-state index contributed by atoms with van der Waals surface area (Å²) in [4.78, 5) is 22.0. The summed E-state index contributed by atoms with van der Waals surface area (Å²) < 4.78 is 5.11. The highest BCUT2D eigenvalue weighted by molar-refractivity contribution is 9.10. The fourth-order valence-electron chi connectivity index (χ4n) is 1.34. The zero-order valence-electron chi connectivity index (χ0n) is 9.44. The Morgan fingerprint density at radius 2 is 1.94 bits per heavy atom. The van der Waals surface area contributed by atoms with E-state index in [1.54, 1.807) is 0 Å². The van der Waals surface area contributed by atoms with E-state index >= 15 is 0 Å². The van der Waals surface area contributed by atoms with Crippen LogP contribution in [0.15, 0.2) is 10.5 Å². The molecule has 0 radical (unpaired) electrons. The second-order valence-electron chi connectivity index (χ2n) is 3.42. The summed E-state index contributed by atoms with van der Waals surface area (Å²) >= 11 is 2.95. The van der Waals surface area contributed by atoms with Gasteiger partial charge in [0.25, 0.3) is 0 Å². The van der Waals surface area contributed by atoms with Crippen LogP contribution in [0, 0.1) is 0 Å². The van der Waals surface area contributed by atoms with Crippen molar-refractivity contribution >= 4 is 27.9 Å². The van der Waals surface area contributed by atoms with Gasteiger partial charge in [0.15, 0.2) is 11.5 Å². The standard InChI is InChI=1S/C11H11BrO6/c1-2-3-18-9-6(13)4-5(10(14)15)7(8(9)12)11(16)17/h4,13H,2-3H2,1H3,(H,14,15)(H,16,17). The van der Waals surface area contributed by atoms with Crippen LogP contribution in [0.25, 0.3) is 0 Å². The molecule has 0 bridgehead atoms. The Bertz CT molecular complexity index is 497. The summed E-state index contributed by atoms with van der Waals surface area (Å²) in [6.45, 7) is 2.12. The summed E-state index contributed by atoms with van der Waals surface area (Å²) in [5.41, 5.74) is -0.956. The maximum absolute atomic E-state index is 11.1. The lowest BCUT2D eigenvalue weighted by Gasteiger charge is -2.13. The van der Waals surface area contributed by atoms with E-state index in [1.807, 2.05) is 6.92 Å². The number of aromatic hydroxyl groups is 1. The fraction of sp³-hybridized carbons (Fsp3) is 0.273. The van der Waals surface area contributed by atoms with Gasteiger partial charge < -0.3 is 20.1 Å². The molecule has 1 aromatic carbocycles. The van der Waals surface area contributed by atoms with Crippen molar-refractivity contribution < 1.29 is 29.6 Å². The third-order valence-corrected chi connectivity index (χ3v) is 2.85. The number of carboxylic acid groups (broad SMARTS) is 2. The Balaban J connectivity index is 3.45. The third-order valence-electron chi connectivity index (χ3n) is 2.10. The summed E-state index contributed by atoms with van der Waals surface area (Å²) in [5.74, 6) is -3.34. The number of aromatic carboxylic acids is 2. The summed E-state index contributed by atoms with van der Waals surface area (Å²) in [5, 5.41) is 27.5. The van der Waals surface area contributed by atoms with Crippen molar-refractivity contribution in [3.8, 4) is 11.5 Å². The molecule has 0 atom stereocenters. The molecule has 1 rings (SSSR count). The first-order valence-electron chi connectivity index (χ1n) is 5.05. The number of rotatable bonds is 5. The molecule has 98 valence electrons. The van der Waals surface area contributed by atoms with Gasteiger partial charge in [-0.1, -0.05) is 6.92 Å². The van der Waals surface area contributed by atoms with Crippen LogP contribution in [-0.2, 0) is 0 Å². The molecule has 0 saturated heterocycles. The normalized spacial score (nSPS) is 10.1. The van der Waals surface area contributed by atoms with Gasteiger partial charge in [-0.05, 0) is 28.4 Å². The van der Waals surface area contributed by atoms with E-state index < -0.39 is 28.8 Å². The zero-order chi connectivity index (χ0) is 13.9. The second-order valence-corrected chi connectivity index (χ2v) is 4.21. The minimum atomic E-state index is -1.44. The first kappa shape index (κ1) is 14.3. The monoisotopic (exact) mass is 318 g/mol. The minimum Gasteiger partial charge on any atom is -0.504 e. The lowest BCUT2D eigenvalue weighted by Crippen LogP contribution is -2.10. The van der Waals surface area contributed by atoms with Gasteiger partial charge in [-0.15, -0.1) is 0 Å². The van der Waals surface area contributed by atoms with Gasteiger partial charge in [-0.2, -0.15) is 0 Å². The van der Waals surface area contributed by atoms with E-state index in [1.165, 1.54) is 0 Å². The van der Waals surface area contributed by atoms with E-state index in [9.17, 15) is 14.7 Å². The van der Waals surface area contributed by atoms with Crippen molar-refractivity contribution in [3.63, 3.8) is 0 Å². The largest absolute Gasteiger partial charge is 0.504 e. The predicted molar refractivity (Wildman–Crippen MR) is 65.5 cm³/mol. The number of hydrogen-bond acceptors (Lipinski definition) is 4. The average molecular weight is 319 g/mol. The van der Waals surface area contributed by atoms with E-state index in [2.05, 4.69) is 15.9 Å². The van der Waals surface area contributed by atoms with E-state index in [0.29, 0.717) is 6.42 Å². The minimum absolute atomic E-state index is 0.0701. The van der Waals surface area contributed by atoms with Crippen molar-refractivity contribution in [1.82, 2.24) is 0 Å². The Labute approximate surface area is 111 Å². The molecule has 0 spiro atoms. The Kier molecular flexibility index (Phi) is 4.55. The Hall–Kier alpha value is -1.76. The van der Waals surface area contributed by atoms with Gasteiger partial charge in [0.05, 0.1) is 22.2 Å². The van der Waals surface area contributed by atoms with Gasteiger partial charge in [0.1, 0.15) is 0 Å². The molecule has 0 aliphatic heterocycles. The van der Waals surface area contributed by atoms with Crippen molar-refractivity contribution in [2.75, 3.05) is 6.61 Å². The first-order valence-corrected chi connectivity index (χ1v) is 5.84. The highest BCUT2D eigenvalue weighted by atomic mass is 79.9. The number of ether oxygens (including phenoxy) is 1. The molecule has 0 aliphatic carbocycles. The zero-order valence-corrected chi connectivity index (χ0v) is 11.0. The van der Waals surface area contributed by atoms with Crippen molar-refractivity contribution in [1.29, 1.82) is 0 Å². The van der Waals surface area contributed by atoms with Crippen LogP contribution in [0.3, 0.4) is 0 Å². The van der Waals surface area contributed by atoms with Crippen LogP contribution in [0.5, 0.6) is 11.5 Å². The number of phenols is 1. The molecule has 7 heteroatoms. The maximum Gasteiger partial charge on any atom is 0.337 e. The molecular weight excluding hydrogens is 308 g/mol. The van der Waals surface area contributed by atoms with Gasteiger partial charge in [-0.25, -0.2) is 9.59 Å². The molecule has 0 amide bonds. The van der Waals surface area contributed by atoms with Crippen LogP contribution < -0.4 is 4.74 Å². The maximum atomic E-state index is 11.1.